The largest absolute Gasteiger partial charge is 0.411 e. The van der Waals surface area contributed by atoms with E-state index in [4.69, 9.17) is 9.15 Å². The molecule has 1 saturated heterocycles. The molecule has 0 radical (unpaired) electrons. The first-order valence-corrected chi connectivity index (χ1v) is 12.5. The summed E-state index contributed by atoms with van der Waals surface area (Å²) in [6.45, 7) is 11.2. The maximum absolute atomic E-state index is 12.7. The van der Waals surface area contributed by atoms with Gasteiger partial charge in [0.15, 0.2) is 0 Å². The van der Waals surface area contributed by atoms with Crippen LogP contribution in [0, 0.1) is 0 Å². The second-order valence-corrected chi connectivity index (χ2v) is 9.28. The molecule has 2 heterocycles. The number of aromatic nitrogens is 2. The summed E-state index contributed by atoms with van der Waals surface area (Å²) < 4.78 is 11.2. The fraction of sp³-hybridized carbons (Fsp3) is 0.400. The highest BCUT2D eigenvalue weighted by Crippen LogP contribution is 2.28. The van der Waals surface area contributed by atoms with Crippen LogP contribution in [-0.2, 0) is 9.53 Å². The Morgan fingerprint density at radius 1 is 1.06 bits per heavy atom. The topological polar surface area (TPSA) is 83.7 Å². The quantitative estimate of drug-likeness (QED) is 0.446. The van der Waals surface area contributed by atoms with Gasteiger partial charge in [0, 0.05) is 48.8 Å². The van der Waals surface area contributed by atoms with E-state index < -0.39 is 5.25 Å². The molecule has 1 atom stereocenters. The average Bonchev–Trinajstić information content (AvgIpc) is 3.34. The van der Waals surface area contributed by atoms with E-state index in [0.717, 1.165) is 62.0 Å². The Morgan fingerprint density at radius 2 is 1.74 bits per heavy atom. The van der Waals surface area contributed by atoms with Crippen LogP contribution in [0.5, 0.6) is 0 Å². The highest BCUT2D eigenvalue weighted by atomic mass is 32.2. The number of benzene rings is 2. The van der Waals surface area contributed by atoms with E-state index in [-0.39, 0.29) is 5.91 Å². The lowest BCUT2D eigenvalue weighted by atomic mass is 10.2. The molecule has 2 aromatic carbocycles. The fourth-order valence-corrected chi connectivity index (χ4v) is 4.49. The van der Waals surface area contributed by atoms with E-state index in [1.807, 2.05) is 43.3 Å². The monoisotopic (exact) mass is 481 g/mol. The zero-order valence-corrected chi connectivity index (χ0v) is 20.7. The van der Waals surface area contributed by atoms with E-state index in [1.165, 1.54) is 11.8 Å². The third kappa shape index (κ3) is 5.90. The van der Waals surface area contributed by atoms with Gasteiger partial charge < -0.3 is 24.3 Å². The van der Waals surface area contributed by atoms with Gasteiger partial charge in [-0.25, -0.2) is 0 Å². The standard InChI is InChI=1S/C25H31N5O3S/c1-4-29(5-2)21-10-6-19(7-11-21)24-27-28-25(33-24)34-18(3)23(31)26-20-8-12-22(13-9-20)30-14-16-32-17-15-30/h6-13,18H,4-5,14-17H2,1-3H3,(H,26,31)/t18-/m1/s1. The molecule has 1 aliphatic rings. The van der Waals surface area contributed by atoms with Crippen molar-refractivity contribution in [1.29, 1.82) is 0 Å². The molecule has 0 unspecified atom stereocenters. The third-order valence-corrected chi connectivity index (χ3v) is 6.74. The first-order valence-electron chi connectivity index (χ1n) is 11.7. The predicted octanol–water partition coefficient (Wildman–Crippen LogP) is 4.54. The molecule has 0 saturated carbocycles. The number of morpholine rings is 1. The maximum atomic E-state index is 12.7. The number of carbonyl (C=O) groups excluding carboxylic acids is 1. The van der Waals surface area contributed by atoms with Crippen molar-refractivity contribution in [3.8, 4) is 11.5 Å². The summed E-state index contributed by atoms with van der Waals surface area (Å²) in [5.41, 5.74) is 3.90. The Kier molecular flexibility index (Phi) is 8.08. The van der Waals surface area contributed by atoms with Crippen molar-refractivity contribution in [3.63, 3.8) is 0 Å². The molecule has 180 valence electrons. The first-order chi connectivity index (χ1) is 16.6. The zero-order chi connectivity index (χ0) is 23.9. The van der Waals surface area contributed by atoms with Crippen LogP contribution in [0.15, 0.2) is 58.2 Å². The summed E-state index contributed by atoms with van der Waals surface area (Å²) in [7, 11) is 0. The molecule has 1 N–H and O–H groups in total. The van der Waals surface area contributed by atoms with Crippen molar-refractivity contribution >= 4 is 34.7 Å². The number of carbonyl (C=O) groups is 1. The number of nitrogens with one attached hydrogen (secondary N) is 1. The minimum Gasteiger partial charge on any atom is -0.411 e. The molecule has 34 heavy (non-hydrogen) atoms. The van der Waals surface area contributed by atoms with Crippen molar-refractivity contribution in [3.05, 3.63) is 48.5 Å². The summed E-state index contributed by atoms with van der Waals surface area (Å²) >= 11 is 1.24. The Morgan fingerprint density at radius 3 is 2.38 bits per heavy atom. The van der Waals surface area contributed by atoms with Crippen LogP contribution in [0.25, 0.3) is 11.5 Å². The lowest BCUT2D eigenvalue weighted by Gasteiger charge is -2.28. The smallest absolute Gasteiger partial charge is 0.277 e. The average molecular weight is 482 g/mol. The van der Waals surface area contributed by atoms with Gasteiger partial charge in [-0.05, 0) is 69.3 Å². The van der Waals surface area contributed by atoms with Crippen molar-refractivity contribution in [2.75, 3.05) is 54.5 Å². The van der Waals surface area contributed by atoms with E-state index in [9.17, 15) is 4.79 Å². The maximum Gasteiger partial charge on any atom is 0.277 e. The van der Waals surface area contributed by atoms with Gasteiger partial charge in [0.1, 0.15) is 0 Å². The minimum absolute atomic E-state index is 0.118. The highest BCUT2D eigenvalue weighted by Gasteiger charge is 2.19. The highest BCUT2D eigenvalue weighted by molar-refractivity contribution is 8.00. The fourth-order valence-electron chi connectivity index (χ4n) is 3.80. The number of ether oxygens (including phenoxy) is 1. The van der Waals surface area contributed by atoms with E-state index in [0.29, 0.717) is 11.1 Å². The summed E-state index contributed by atoms with van der Waals surface area (Å²) in [5, 5.41) is 11.2. The van der Waals surface area contributed by atoms with Crippen LogP contribution in [0.4, 0.5) is 17.1 Å². The minimum atomic E-state index is -0.391. The second kappa shape index (κ2) is 11.4. The predicted molar refractivity (Wildman–Crippen MR) is 137 cm³/mol. The molecule has 1 aromatic heterocycles. The molecule has 1 amide bonds. The zero-order valence-electron chi connectivity index (χ0n) is 19.9. The van der Waals surface area contributed by atoms with E-state index in [1.54, 1.807) is 0 Å². The normalized spacial score (nSPS) is 14.6. The molecular formula is C25H31N5O3S. The molecule has 9 heteroatoms. The van der Waals surface area contributed by atoms with Crippen LogP contribution in [-0.4, -0.2) is 60.7 Å². The molecule has 3 aromatic rings. The number of anilines is 3. The van der Waals surface area contributed by atoms with E-state index in [2.05, 4.69) is 51.3 Å². The van der Waals surface area contributed by atoms with Crippen LogP contribution in [0.1, 0.15) is 20.8 Å². The van der Waals surface area contributed by atoms with E-state index >= 15 is 0 Å². The van der Waals surface area contributed by atoms with Crippen LogP contribution in [0.3, 0.4) is 0 Å². The SMILES string of the molecule is CCN(CC)c1ccc(-c2nnc(S[C@H](C)C(=O)Nc3ccc(N4CCOCC4)cc3)o2)cc1. The lowest BCUT2D eigenvalue weighted by molar-refractivity contribution is -0.115. The number of amides is 1. The van der Waals surface area contributed by atoms with Gasteiger partial charge in [-0.2, -0.15) is 0 Å². The molecular weight excluding hydrogens is 450 g/mol. The molecule has 0 spiro atoms. The number of nitrogens with zero attached hydrogens (tertiary/aromatic N) is 4. The Labute approximate surface area is 204 Å². The first kappa shape index (κ1) is 24.1. The van der Waals surface area contributed by atoms with Gasteiger partial charge in [0.2, 0.25) is 11.8 Å². The van der Waals surface area contributed by atoms with Crippen molar-refractivity contribution in [1.82, 2.24) is 10.2 Å². The Hall–Kier alpha value is -3.04. The molecule has 4 rings (SSSR count). The summed E-state index contributed by atoms with van der Waals surface area (Å²) in [6, 6.07) is 16.0. The summed E-state index contributed by atoms with van der Waals surface area (Å²) in [5.74, 6) is 0.326. The van der Waals surface area contributed by atoms with Gasteiger partial charge in [-0.15, -0.1) is 10.2 Å². The summed E-state index contributed by atoms with van der Waals surface area (Å²) in [6.07, 6.45) is 0. The van der Waals surface area contributed by atoms with Gasteiger partial charge >= 0.3 is 0 Å². The van der Waals surface area contributed by atoms with Gasteiger partial charge in [0.25, 0.3) is 5.22 Å². The van der Waals surface area contributed by atoms with Crippen LogP contribution in [0.2, 0.25) is 0 Å². The number of hydrogen-bond donors (Lipinski definition) is 1. The number of hydrogen-bond acceptors (Lipinski definition) is 8. The van der Waals surface area contributed by atoms with Crippen molar-refractivity contribution in [2.45, 2.75) is 31.2 Å². The van der Waals surface area contributed by atoms with Crippen molar-refractivity contribution in [2.24, 2.45) is 0 Å². The molecule has 1 aliphatic heterocycles. The number of rotatable bonds is 9. The summed E-state index contributed by atoms with van der Waals surface area (Å²) in [4.78, 5) is 17.2. The van der Waals surface area contributed by atoms with Gasteiger partial charge in [0.05, 0.1) is 18.5 Å². The Bertz CT molecular complexity index is 1060. The molecule has 0 aliphatic carbocycles. The molecule has 8 nitrogen and oxygen atoms in total. The third-order valence-electron chi connectivity index (χ3n) is 5.81. The second-order valence-electron chi connectivity index (χ2n) is 7.99. The van der Waals surface area contributed by atoms with Crippen LogP contribution < -0.4 is 15.1 Å². The van der Waals surface area contributed by atoms with Gasteiger partial charge in [-0.3, -0.25) is 4.79 Å². The Balaban J connectivity index is 1.32. The molecule has 1 fully saturated rings. The number of thioether (sulfide) groups is 1. The lowest BCUT2D eigenvalue weighted by Crippen LogP contribution is -2.36. The molecule has 0 bridgehead atoms. The van der Waals surface area contributed by atoms with Gasteiger partial charge in [-0.1, -0.05) is 11.8 Å². The van der Waals surface area contributed by atoms with Crippen LogP contribution >= 0.6 is 11.8 Å². The van der Waals surface area contributed by atoms with Crippen molar-refractivity contribution < 1.29 is 13.9 Å².